The minimum Gasteiger partial charge on any atom is -0.393 e. The van der Waals surface area contributed by atoms with Gasteiger partial charge in [-0.15, -0.1) is 0 Å². The number of phosphoric acid groups is 1. The van der Waals surface area contributed by atoms with Gasteiger partial charge in [0, 0.05) is 0 Å². The van der Waals surface area contributed by atoms with Gasteiger partial charge < -0.3 is 46.0 Å². The summed E-state index contributed by atoms with van der Waals surface area (Å²) >= 11 is 0. The second-order valence-electron chi connectivity index (χ2n) is 12.2. The number of unbranched alkanes of at least 4 members (excludes halogenated alkanes) is 7. The molecule has 0 radical (unpaired) electrons. The summed E-state index contributed by atoms with van der Waals surface area (Å²) in [6.07, 6.45) is 11.4. The number of rotatable bonds is 25. The van der Waals surface area contributed by atoms with Crippen molar-refractivity contribution in [3.63, 3.8) is 0 Å². The molecule has 278 valence electrons. The highest BCUT2D eigenvalue weighted by Crippen LogP contribution is 2.47. The fourth-order valence-electron chi connectivity index (χ4n) is 5.02. The van der Waals surface area contributed by atoms with Crippen LogP contribution in [0.1, 0.15) is 97.3 Å². The van der Waals surface area contributed by atoms with Gasteiger partial charge in [-0.05, 0) is 58.3 Å². The molecule has 13 nitrogen and oxygen atoms in total. The molecule has 1 fully saturated rings. The number of aliphatic hydroxyl groups excluding tert-OH is 7. The van der Waals surface area contributed by atoms with Gasteiger partial charge in [0.15, 0.2) is 0 Å². The first kappa shape index (κ1) is 44.3. The van der Waals surface area contributed by atoms with Crippen LogP contribution in [0.4, 0.5) is 0 Å². The van der Waals surface area contributed by atoms with Crippen LogP contribution in [0.5, 0.6) is 0 Å². The van der Waals surface area contributed by atoms with E-state index in [-0.39, 0.29) is 6.42 Å². The van der Waals surface area contributed by atoms with E-state index in [1.807, 2.05) is 19.1 Å². The van der Waals surface area contributed by atoms with Gasteiger partial charge >= 0.3 is 7.82 Å². The normalized spacial score (nSPS) is 26.8. The first-order valence-electron chi connectivity index (χ1n) is 17.1. The summed E-state index contributed by atoms with van der Waals surface area (Å²) in [6, 6.07) is -1.26. The maximum atomic E-state index is 12.8. The highest BCUT2D eigenvalue weighted by molar-refractivity contribution is 7.47. The van der Waals surface area contributed by atoms with E-state index in [0.717, 1.165) is 51.4 Å². The number of phosphoric ester groups is 1. The molecule has 0 saturated heterocycles. The maximum absolute atomic E-state index is 12.8. The lowest BCUT2D eigenvalue weighted by atomic mass is 9.85. The van der Waals surface area contributed by atoms with Gasteiger partial charge in [-0.25, -0.2) is 4.57 Å². The van der Waals surface area contributed by atoms with Crippen LogP contribution in [0.25, 0.3) is 0 Å². The van der Waals surface area contributed by atoms with Gasteiger partial charge in [-0.2, -0.15) is 0 Å². The summed E-state index contributed by atoms with van der Waals surface area (Å²) in [5.74, 6) is -0.626. The Morgan fingerprint density at radius 2 is 1.31 bits per heavy atom. The van der Waals surface area contributed by atoms with Crippen LogP contribution in [0.2, 0.25) is 0 Å². The molecule has 1 amide bonds. The van der Waals surface area contributed by atoms with Crippen molar-refractivity contribution in [1.29, 1.82) is 0 Å². The Labute approximate surface area is 285 Å². The van der Waals surface area contributed by atoms with E-state index < -0.39 is 75.2 Å². The van der Waals surface area contributed by atoms with E-state index in [4.69, 9.17) is 9.05 Å². The van der Waals surface area contributed by atoms with Crippen molar-refractivity contribution in [3.05, 3.63) is 48.6 Å². The minimum atomic E-state index is -5.14. The lowest BCUT2D eigenvalue weighted by Gasteiger charge is -2.41. The molecule has 0 aromatic heterocycles. The summed E-state index contributed by atoms with van der Waals surface area (Å²) in [5.41, 5.74) is 0. The Morgan fingerprint density at radius 3 is 1.92 bits per heavy atom. The zero-order valence-corrected chi connectivity index (χ0v) is 29.3. The molecule has 9 N–H and O–H groups in total. The smallest absolute Gasteiger partial charge is 0.393 e. The van der Waals surface area contributed by atoms with Crippen LogP contribution in [-0.4, -0.2) is 108 Å². The number of nitrogens with one attached hydrogen (secondary N) is 1. The van der Waals surface area contributed by atoms with Crippen LogP contribution in [0.3, 0.4) is 0 Å². The molecule has 0 bridgehead atoms. The predicted octanol–water partition coefficient (Wildman–Crippen LogP) is 2.85. The third kappa shape index (κ3) is 18.3. The van der Waals surface area contributed by atoms with Crippen molar-refractivity contribution in [3.8, 4) is 0 Å². The zero-order chi connectivity index (χ0) is 36.0. The van der Waals surface area contributed by atoms with Crippen LogP contribution in [0, 0.1) is 0 Å². The van der Waals surface area contributed by atoms with Gasteiger partial charge in [0.1, 0.15) is 36.6 Å². The molecule has 1 aliphatic rings. The number of hydrogen-bond acceptors (Lipinski definition) is 11. The third-order valence-electron chi connectivity index (χ3n) is 7.96. The molecule has 8 atom stereocenters. The highest BCUT2D eigenvalue weighted by atomic mass is 31.2. The highest BCUT2D eigenvalue weighted by Gasteiger charge is 2.51. The van der Waals surface area contributed by atoms with E-state index in [1.54, 1.807) is 6.08 Å². The Kier molecular flexibility index (Phi) is 23.3. The van der Waals surface area contributed by atoms with E-state index in [1.165, 1.54) is 12.5 Å². The van der Waals surface area contributed by atoms with Gasteiger partial charge in [0.05, 0.1) is 31.3 Å². The quantitative estimate of drug-likeness (QED) is 0.0380. The molecule has 0 spiro atoms. The summed E-state index contributed by atoms with van der Waals surface area (Å²) < 4.78 is 22.6. The fourth-order valence-corrected chi connectivity index (χ4v) is 5.99. The number of amides is 1. The number of carbonyl (C=O) groups is 1. The summed E-state index contributed by atoms with van der Waals surface area (Å²) in [5, 5.41) is 73.6. The molecule has 48 heavy (non-hydrogen) atoms. The van der Waals surface area contributed by atoms with Crippen molar-refractivity contribution in [2.75, 3.05) is 6.61 Å². The molecule has 0 aromatic carbocycles. The van der Waals surface area contributed by atoms with Gasteiger partial charge in [-0.1, -0.05) is 81.2 Å². The van der Waals surface area contributed by atoms with Crippen LogP contribution < -0.4 is 5.32 Å². The van der Waals surface area contributed by atoms with Gasteiger partial charge in [0.2, 0.25) is 5.91 Å². The average molecular weight is 706 g/mol. The maximum Gasteiger partial charge on any atom is 0.472 e. The standard InChI is InChI=1S/C34H60NO12P/c1-3-5-7-9-11-13-15-17-19-21-25(36)23-28(38)35-26(27(37)22-20-18-16-14-12-10-8-6-4-2)24-46-48(44,45)47-34-32(42)30(40)29(39)31(41)33(34)43/h4,6,9,11-12,14,20,22,25-27,29-34,36-37,39-43H,3,5,7-8,10,13,15-19,21,23-24H2,1-2H3,(H,35,38)(H,44,45)/b6-4+,11-9-,14-12+,22-20+. The number of allylic oxidation sites excluding steroid dienone is 7. The molecule has 1 aliphatic carbocycles. The Bertz CT molecular complexity index is 1020. The molecule has 14 heteroatoms. The lowest BCUT2D eigenvalue weighted by Crippen LogP contribution is -2.64. The van der Waals surface area contributed by atoms with Crippen LogP contribution in [0.15, 0.2) is 48.6 Å². The number of hydrogen-bond donors (Lipinski definition) is 9. The fraction of sp³-hybridized carbons (Fsp3) is 0.735. The summed E-state index contributed by atoms with van der Waals surface area (Å²) in [7, 11) is -5.14. The Hall–Kier alpha value is -1.74. The molecular weight excluding hydrogens is 645 g/mol. The predicted molar refractivity (Wildman–Crippen MR) is 183 cm³/mol. The Balaban J connectivity index is 2.76. The summed E-state index contributed by atoms with van der Waals surface area (Å²) in [4.78, 5) is 23.1. The van der Waals surface area contributed by atoms with Crippen molar-refractivity contribution >= 4 is 13.7 Å². The van der Waals surface area contributed by atoms with Crippen molar-refractivity contribution in [1.82, 2.24) is 5.32 Å². The second kappa shape index (κ2) is 25.2. The monoisotopic (exact) mass is 705 g/mol. The van der Waals surface area contributed by atoms with E-state index in [2.05, 4.69) is 36.5 Å². The van der Waals surface area contributed by atoms with Crippen molar-refractivity contribution in [2.24, 2.45) is 0 Å². The topological polar surface area (TPSA) is 226 Å². The molecule has 0 heterocycles. The van der Waals surface area contributed by atoms with Crippen molar-refractivity contribution < 1.29 is 59.0 Å². The van der Waals surface area contributed by atoms with E-state index >= 15 is 0 Å². The molecule has 0 aromatic rings. The van der Waals surface area contributed by atoms with E-state index in [0.29, 0.717) is 19.3 Å². The largest absolute Gasteiger partial charge is 0.472 e. The average Bonchev–Trinajstić information content (AvgIpc) is 3.05. The first-order chi connectivity index (χ1) is 22.8. The molecule has 1 saturated carbocycles. The Morgan fingerprint density at radius 1 is 0.771 bits per heavy atom. The third-order valence-corrected chi connectivity index (χ3v) is 8.94. The molecule has 8 unspecified atom stereocenters. The van der Waals surface area contributed by atoms with Crippen LogP contribution >= 0.6 is 7.82 Å². The second-order valence-corrected chi connectivity index (χ2v) is 13.6. The van der Waals surface area contributed by atoms with Crippen molar-refractivity contribution in [2.45, 2.75) is 152 Å². The molecule has 0 aliphatic heterocycles. The molecule has 1 rings (SSSR count). The van der Waals surface area contributed by atoms with E-state index in [9.17, 15) is 50.0 Å². The lowest BCUT2D eigenvalue weighted by molar-refractivity contribution is -0.220. The zero-order valence-electron chi connectivity index (χ0n) is 28.4. The van der Waals surface area contributed by atoms with Gasteiger partial charge in [-0.3, -0.25) is 13.8 Å². The number of aliphatic hydroxyl groups is 7. The SMILES string of the molecule is C/C=C/CC/C=C/CC/C=C/C(O)C(COP(=O)(O)OC1C(O)C(O)C(O)C(O)C1O)NC(=O)CC(O)CCCCC/C=C\CCCC. The van der Waals surface area contributed by atoms with Crippen LogP contribution in [-0.2, 0) is 18.4 Å². The first-order valence-corrected chi connectivity index (χ1v) is 18.6. The minimum absolute atomic E-state index is 0.270. The summed E-state index contributed by atoms with van der Waals surface area (Å²) in [6.45, 7) is 3.35. The molecular formula is C34H60NO12P. The van der Waals surface area contributed by atoms with Gasteiger partial charge in [0.25, 0.3) is 0 Å². The number of carbonyl (C=O) groups excluding carboxylic acids is 1.